The predicted octanol–water partition coefficient (Wildman–Crippen LogP) is 1.97. The maximum absolute atomic E-state index is 11.3. The van der Waals surface area contributed by atoms with Crippen LogP contribution in [0.2, 0.25) is 0 Å². The SMILES string of the molecule is CNCC(=O)Nc1ccc(-c2nccs2)cc1. The third-order valence-electron chi connectivity index (χ3n) is 2.19. The van der Waals surface area contributed by atoms with E-state index in [1.165, 1.54) is 0 Å². The number of carbonyl (C=O) groups is 1. The van der Waals surface area contributed by atoms with Gasteiger partial charge in [-0.15, -0.1) is 11.3 Å². The number of aromatic nitrogens is 1. The van der Waals surface area contributed by atoms with E-state index in [1.807, 2.05) is 29.6 Å². The van der Waals surface area contributed by atoms with Crippen LogP contribution in [-0.2, 0) is 4.79 Å². The summed E-state index contributed by atoms with van der Waals surface area (Å²) in [5, 5.41) is 8.52. The average molecular weight is 247 g/mol. The molecule has 0 bridgehead atoms. The lowest BCUT2D eigenvalue weighted by molar-refractivity contribution is -0.115. The Hall–Kier alpha value is -1.72. The molecule has 88 valence electrons. The number of thiazole rings is 1. The van der Waals surface area contributed by atoms with Crippen molar-refractivity contribution < 1.29 is 4.79 Å². The standard InChI is InChI=1S/C12H13N3OS/c1-13-8-11(16)15-10-4-2-9(3-5-10)12-14-6-7-17-12/h2-7,13H,8H2,1H3,(H,15,16). The van der Waals surface area contributed by atoms with Crippen LogP contribution in [-0.4, -0.2) is 24.5 Å². The summed E-state index contributed by atoms with van der Waals surface area (Å²) in [6.45, 7) is 0.314. The Morgan fingerprint density at radius 1 is 1.35 bits per heavy atom. The molecule has 0 spiro atoms. The highest BCUT2D eigenvalue weighted by molar-refractivity contribution is 7.13. The number of carbonyl (C=O) groups excluding carboxylic acids is 1. The summed E-state index contributed by atoms with van der Waals surface area (Å²) in [6.07, 6.45) is 1.78. The second kappa shape index (κ2) is 5.56. The molecule has 0 aliphatic heterocycles. The van der Waals surface area contributed by atoms with Gasteiger partial charge in [0.05, 0.1) is 6.54 Å². The zero-order valence-electron chi connectivity index (χ0n) is 9.43. The fourth-order valence-corrected chi connectivity index (χ4v) is 2.07. The second-order valence-corrected chi connectivity index (χ2v) is 4.39. The van der Waals surface area contributed by atoms with Crippen molar-refractivity contribution in [2.45, 2.75) is 0 Å². The molecule has 2 rings (SSSR count). The number of benzene rings is 1. The van der Waals surface area contributed by atoms with Gasteiger partial charge >= 0.3 is 0 Å². The highest BCUT2D eigenvalue weighted by Crippen LogP contribution is 2.23. The quantitative estimate of drug-likeness (QED) is 0.868. The number of hydrogen-bond acceptors (Lipinski definition) is 4. The molecule has 1 aromatic carbocycles. The monoisotopic (exact) mass is 247 g/mol. The van der Waals surface area contributed by atoms with Crippen molar-refractivity contribution in [3.8, 4) is 10.6 Å². The molecular formula is C12H13N3OS. The molecule has 17 heavy (non-hydrogen) atoms. The molecule has 0 fully saturated rings. The third-order valence-corrected chi connectivity index (χ3v) is 3.01. The van der Waals surface area contributed by atoms with Crippen molar-refractivity contribution in [2.75, 3.05) is 18.9 Å². The Kier molecular flexibility index (Phi) is 3.85. The van der Waals surface area contributed by atoms with Gasteiger partial charge < -0.3 is 10.6 Å². The summed E-state index contributed by atoms with van der Waals surface area (Å²) >= 11 is 1.60. The number of nitrogens with zero attached hydrogens (tertiary/aromatic N) is 1. The van der Waals surface area contributed by atoms with Gasteiger partial charge in [0.15, 0.2) is 0 Å². The van der Waals surface area contributed by atoms with Crippen molar-refractivity contribution in [3.05, 3.63) is 35.8 Å². The van der Waals surface area contributed by atoms with Gasteiger partial charge in [0.25, 0.3) is 0 Å². The number of amides is 1. The zero-order valence-corrected chi connectivity index (χ0v) is 10.3. The van der Waals surface area contributed by atoms with E-state index in [2.05, 4.69) is 15.6 Å². The number of anilines is 1. The molecular weight excluding hydrogens is 234 g/mol. The first-order valence-corrected chi connectivity index (χ1v) is 6.12. The first-order valence-electron chi connectivity index (χ1n) is 5.24. The van der Waals surface area contributed by atoms with E-state index in [4.69, 9.17) is 0 Å². The summed E-state index contributed by atoms with van der Waals surface area (Å²) < 4.78 is 0. The molecule has 0 aliphatic rings. The minimum atomic E-state index is -0.0468. The molecule has 0 saturated carbocycles. The van der Waals surface area contributed by atoms with Crippen LogP contribution in [0.15, 0.2) is 35.8 Å². The van der Waals surface area contributed by atoms with Crippen molar-refractivity contribution >= 4 is 22.9 Å². The van der Waals surface area contributed by atoms with Gasteiger partial charge in [-0.3, -0.25) is 4.79 Å². The Labute approximate surface area is 104 Å². The van der Waals surface area contributed by atoms with E-state index < -0.39 is 0 Å². The fourth-order valence-electron chi connectivity index (χ4n) is 1.43. The Bertz CT molecular complexity index is 479. The lowest BCUT2D eigenvalue weighted by Gasteiger charge is -2.05. The molecule has 4 nitrogen and oxygen atoms in total. The van der Waals surface area contributed by atoms with Crippen LogP contribution in [0.4, 0.5) is 5.69 Å². The molecule has 5 heteroatoms. The first kappa shape index (κ1) is 11.8. The van der Waals surface area contributed by atoms with E-state index in [9.17, 15) is 4.79 Å². The van der Waals surface area contributed by atoms with Crippen LogP contribution in [0.5, 0.6) is 0 Å². The Balaban J connectivity index is 2.06. The Morgan fingerprint density at radius 3 is 2.71 bits per heavy atom. The smallest absolute Gasteiger partial charge is 0.238 e. The molecule has 1 heterocycles. The maximum atomic E-state index is 11.3. The van der Waals surface area contributed by atoms with Gasteiger partial charge in [-0.1, -0.05) is 0 Å². The predicted molar refractivity (Wildman–Crippen MR) is 70.1 cm³/mol. The van der Waals surface area contributed by atoms with Crippen molar-refractivity contribution in [1.82, 2.24) is 10.3 Å². The molecule has 2 N–H and O–H groups in total. The van der Waals surface area contributed by atoms with Gasteiger partial charge in [0.2, 0.25) is 5.91 Å². The molecule has 1 aromatic heterocycles. The minimum Gasteiger partial charge on any atom is -0.325 e. The number of hydrogen-bond donors (Lipinski definition) is 2. The summed E-state index contributed by atoms with van der Waals surface area (Å²) in [5.74, 6) is -0.0468. The highest BCUT2D eigenvalue weighted by atomic mass is 32.1. The van der Waals surface area contributed by atoms with E-state index in [0.29, 0.717) is 6.54 Å². The summed E-state index contributed by atoms with van der Waals surface area (Å²) in [5.41, 5.74) is 1.86. The molecule has 2 aromatic rings. The number of likely N-dealkylation sites (N-methyl/N-ethyl adjacent to an activating group) is 1. The van der Waals surface area contributed by atoms with Crippen LogP contribution >= 0.6 is 11.3 Å². The third kappa shape index (κ3) is 3.12. The van der Waals surface area contributed by atoms with E-state index in [1.54, 1.807) is 24.6 Å². The lowest BCUT2D eigenvalue weighted by atomic mass is 10.2. The average Bonchev–Trinajstić information content (AvgIpc) is 2.84. The van der Waals surface area contributed by atoms with Gasteiger partial charge in [-0.05, 0) is 31.3 Å². The topological polar surface area (TPSA) is 54.0 Å². The second-order valence-electron chi connectivity index (χ2n) is 3.49. The number of nitrogens with one attached hydrogen (secondary N) is 2. The largest absolute Gasteiger partial charge is 0.325 e. The van der Waals surface area contributed by atoms with Gasteiger partial charge in [-0.25, -0.2) is 4.98 Å². The fraction of sp³-hybridized carbons (Fsp3) is 0.167. The summed E-state index contributed by atoms with van der Waals surface area (Å²) in [4.78, 5) is 15.6. The summed E-state index contributed by atoms with van der Waals surface area (Å²) in [6, 6.07) is 7.66. The molecule has 0 unspecified atom stereocenters. The van der Waals surface area contributed by atoms with Crippen molar-refractivity contribution in [3.63, 3.8) is 0 Å². The molecule has 0 radical (unpaired) electrons. The van der Waals surface area contributed by atoms with Gasteiger partial charge in [0, 0.05) is 22.8 Å². The van der Waals surface area contributed by atoms with Gasteiger partial charge in [0.1, 0.15) is 5.01 Å². The normalized spacial score (nSPS) is 10.2. The van der Waals surface area contributed by atoms with Crippen LogP contribution in [0, 0.1) is 0 Å². The molecule has 0 saturated heterocycles. The highest BCUT2D eigenvalue weighted by Gasteiger charge is 2.02. The van der Waals surface area contributed by atoms with E-state index in [-0.39, 0.29) is 5.91 Å². The number of rotatable bonds is 4. The van der Waals surface area contributed by atoms with Crippen LogP contribution in [0.25, 0.3) is 10.6 Å². The first-order chi connectivity index (χ1) is 8.29. The maximum Gasteiger partial charge on any atom is 0.238 e. The van der Waals surface area contributed by atoms with Crippen molar-refractivity contribution in [2.24, 2.45) is 0 Å². The van der Waals surface area contributed by atoms with Crippen LogP contribution in [0.3, 0.4) is 0 Å². The Morgan fingerprint density at radius 2 is 2.12 bits per heavy atom. The molecule has 1 amide bonds. The van der Waals surface area contributed by atoms with E-state index >= 15 is 0 Å². The zero-order chi connectivity index (χ0) is 12.1. The van der Waals surface area contributed by atoms with Crippen LogP contribution in [0.1, 0.15) is 0 Å². The summed E-state index contributed by atoms with van der Waals surface area (Å²) in [7, 11) is 1.74. The van der Waals surface area contributed by atoms with Gasteiger partial charge in [-0.2, -0.15) is 0 Å². The molecule has 0 atom stereocenters. The van der Waals surface area contributed by atoms with E-state index in [0.717, 1.165) is 16.3 Å². The minimum absolute atomic E-state index is 0.0468. The van der Waals surface area contributed by atoms with Crippen LogP contribution < -0.4 is 10.6 Å². The van der Waals surface area contributed by atoms with Crippen molar-refractivity contribution in [1.29, 1.82) is 0 Å². The lowest BCUT2D eigenvalue weighted by Crippen LogP contribution is -2.24. The molecule has 0 aliphatic carbocycles.